The van der Waals surface area contributed by atoms with Crippen LogP contribution in [0.2, 0.25) is 0 Å². The maximum absolute atomic E-state index is 14.3. The van der Waals surface area contributed by atoms with E-state index in [4.69, 9.17) is 0 Å². The van der Waals surface area contributed by atoms with Gasteiger partial charge in [-0.25, -0.2) is 8.78 Å². The molecule has 28 heavy (non-hydrogen) atoms. The number of rotatable bonds is 5. The van der Waals surface area contributed by atoms with Gasteiger partial charge in [-0.15, -0.1) is 0 Å². The number of halogens is 2. The fourth-order valence-electron chi connectivity index (χ4n) is 3.85. The minimum absolute atomic E-state index is 0.00937. The second kappa shape index (κ2) is 7.12. The summed E-state index contributed by atoms with van der Waals surface area (Å²) in [7, 11) is 0. The molecule has 2 aliphatic rings. The van der Waals surface area contributed by atoms with Crippen LogP contribution in [0.1, 0.15) is 60.0 Å². The molecule has 0 saturated heterocycles. The number of ketones is 1. The van der Waals surface area contributed by atoms with E-state index in [1.54, 1.807) is 4.90 Å². The van der Waals surface area contributed by atoms with Crippen molar-refractivity contribution in [3.63, 3.8) is 0 Å². The van der Waals surface area contributed by atoms with Crippen LogP contribution in [0.5, 0.6) is 0 Å². The number of amides is 1. The Balaban J connectivity index is 1.51. The lowest BCUT2D eigenvalue weighted by Gasteiger charge is -2.31. The van der Waals surface area contributed by atoms with E-state index in [0.29, 0.717) is 31.4 Å². The summed E-state index contributed by atoms with van der Waals surface area (Å²) in [5, 5.41) is 0. The smallest absolute Gasteiger partial charge is 0.264 e. The minimum atomic E-state index is -1.66. The monoisotopic (exact) mass is 383 g/mol. The number of hydrogen-bond donors (Lipinski definition) is 0. The third-order valence-corrected chi connectivity index (χ3v) is 5.77. The summed E-state index contributed by atoms with van der Waals surface area (Å²) in [6, 6.07) is 11.4. The minimum Gasteiger partial charge on any atom is -0.309 e. The Morgan fingerprint density at radius 3 is 2.54 bits per heavy atom. The Hall–Kier alpha value is -2.56. The van der Waals surface area contributed by atoms with Gasteiger partial charge < -0.3 is 4.90 Å². The van der Waals surface area contributed by atoms with Crippen LogP contribution in [0.15, 0.2) is 42.5 Å². The number of aryl methyl sites for hydroxylation is 1. The van der Waals surface area contributed by atoms with Crippen LogP contribution in [0.4, 0.5) is 14.5 Å². The third kappa shape index (κ3) is 3.58. The molecule has 1 fully saturated rings. The van der Waals surface area contributed by atoms with Gasteiger partial charge in [0.05, 0.1) is 0 Å². The first-order valence-corrected chi connectivity index (χ1v) is 9.80. The maximum atomic E-state index is 14.3. The zero-order valence-corrected chi connectivity index (χ0v) is 15.9. The summed E-state index contributed by atoms with van der Waals surface area (Å²) < 4.78 is 27.3. The zero-order valence-electron chi connectivity index (χ0n) is 15.9. The van der Waals surface area contributed by atoms with Crippen LogP contribution in [-0.4, -0.2) is 23.9 Å². The Bertz CT molecular complexity index is 919. The molecule has 0 unspecified atom stereocenters. The molecule has 2 aromatic carbocycles. The Morgan fingerprint density at radius 1 is 1.14 bits per heavy atom. The number of nitrogens with zero attached hydrogens (tertiary/aromatic N) is 1. The lowest BCUT2D eigenvalue weighted by Crippen LogP contribution is -2.41. The number of alkyl halides is 1. The molecule has 1 saturated carbocycles. The molecule has 0 aromatic heterocycles. The molecular formula is C23H23F2NO2. The standard InChI is InChI=1S/C23H23F2NO2/c1-15(13-21(27)16-4-7-19(24)8-5-16)17-6-9-20-18(14-17)3-2-12-26(20)22(28)23(25)10-11-23/h4-9,14-15H,2-3,10-13H2,1H3/t15-/m1/s1. The van der Waals surface area contributed by atoms with Crippen LogP contribution in [0, 0.1) is 5.82 Å². The number of benzene rings is 2. The fourth-order valence-corrected chi connectivity index (χ4v) is 3.85. The first-order chi connectivity index (χ1) is 13.4. The average Bonchev–Trinajstić information content (AvgIpc) is 3.45. The highest BCUT2D eigenvalue weighted by molar-refractivity contribution is 6.02. The van der Waals surface area contributed by atoms with E-state index in [-0.39, 0.29) is 17.5 Å². The lowest BCUT2D eigenvalue weighted by atomic mass is 9.90. The second-order valence-electron chi connectivity index (χ2n) is 7.95. The van der Waals surface area contributed by atoms with Gasteiger partial charge in [-0.05, 0) is 73.1 Å². The number of hydrogen-bond acceptors (Lipinski definition) is 2. The Labute approximate surface area is 163 Å². The number of fused-ring (bicyclic) bond motifs is 1. The van der Waals surface area contributed by atoms with E-state index in [2.05, 4.69) is 0 Å². The molecule has 0 spiro atoms. The highest BCUT2D eigenvalue weighted by Crippen LogP contribution is 2.43. The predicted molar refractivity (Wildman–Crippen MR) is 104 cm³/mol. The van der Waals surface area contributed by atoms with Crippen molar-refractivity contribution in [2.24, 2.45) is 0 Å². The predicted octanol–water partition coefficient (Wildman–Crippen LogP) is 4.98. The van der Waals surface area contributed by atoms with Crippen molar-refractivity contribution in [1.29, 1.82) is 0 Å². The van der Waals surface area contributed by atoms with Crippen LogP contribution >= 0.6 is 0 Å². The van der Waals surface area contributed by atoms with Gasteiger partial charge in [0.1, 0.15) is 5.82 Å². The molecule has 1 atom stereocenters. The van der Waals surface area contributed by atoms with E-state index >= 15 is 0 Å². The molecule has 1 amide bonds. The van der Waals surface area contributed by atoms with E-state index in [9.17, 15) is 18.4 Å². The van der Waals surface area contributed by atoms with Gasteiger partial charge in [-0.1, -0.05) is 19.1 Å². The number of anilines is 1. The topological polar surface area (TPSA) is 37.4 Å². The summed E-state index contributed by atoms with van der Waals surface area (Å²) >= 11 is 0. The van der Waals surface area contributed by atoms with Gasteiger partial charge in [-0.2, -0.15) is 0 Å². The summed E-state index contributed by atoms with van der Waals surface area (Å²) in [5.41, 5.74) is 1.68. The number of Topliss-reactive ketones (excluding diaryl/α,β-unsaturated/α-hetero) is 1. The van der Waals surface area contributed by atoms with E-state index in [1.807, 2.05) is 25.1 Å². The highest BCUT2D eigenvalue weighted by atomic mass is 19.1. The molecular weight excluding hydrogens is 360 g/mol. The van der Waals surface area contributed by atoms with Crippen LogP contribution in [-0.2, 0) is 11.2 Å². The van der Waals surface area contributed by atoms with Gasteiger partial charge in [-0.3, -0.25) is 9.59 Å². The van der Waals surface area contributed by atoms with Crippen molar-refractivity contribution in [3.05, 3.63) is 65.0 Å². The van der Waals surface area contributed by atoms with E-state index in [0.717, 1.165) is 29.7 Å². The van der Waals surface area contributed by atoms with Gasteiger partial charge in [0.2, 0.25) is 0 Å². The molecule has 0 radical (unpaired) electrons. The zero-order chi connectivity index (χ0) is 19.9. The SMILES string of the molecule is C[C@H](CC(=O)c1ccc(F)cc1)c1ccc2c(c1)CCCN2C(=O)C1(F)CC1. The van der Waals surface area contributed by atoms with Crippen molar-refractivity contribution in [2.75, 3.05) is 11.4 Å². The maximum Gasteiger partial charge on any atom is 0.264 e. The first-order valence-electron chi connectivity index (χ1n) is 9.80. The van der Waals surface area contributed by atoms with Crippen molar-refractivity contribution < 1.29 is 18.4 Å². The first kappa shape index (κ1) is 18.8. The molecule has 4 rings (SSSR count). The normalized spacial score (nSPS) is 18.3. The molecule has 1 aliphatic carbocycles. The van der Waals surface area contributed by atoms with Crippen LogP contribution in [0.3, 0.4) is 0 Å². The number of carbonyl (C=O) groups is 2. The molecule has 146 valence electrons. The van der Waals surface area contributed by atoms with Crippen molar-refractivity contribution in [1.82, 2.24) is 0 Å². The Kier molecular flexibility index (Phi) is 4.77. The second-order valence-corrected chi connectivity index (χ2v) is 7.95. The largest absolute Gasteiger partial charge is 0.309 e. The average molecular weight is 383 g/mol. The molecule has 5 heteroatoms. The van der Waals surface area contributed by atoms with Gasteiger partial charge in [0.25, 0.3) is 5.91 Å². The van der Waals surface area contributed by atoms with Gasteiger partial charge in [0.15, 0.2) is 11.5 Å². The molecule has 2 aromatic rings. The fraction of sp³-hybridized carbons (Fsp3) is 0.391. The molecule has 0 N–H and O–H groups in total. The van der Waals surface area contributed by atoms with E-state index < -0.39 is 11.6 Å². The summed E-state index contributed by atoms with van der Waals surface area (Å²) in [4.78, 5) is 26.5. The highest BCUT2D eigenvalue weighted by Gasteiger charge is 2.53. The van der Waals surface area contributed by atoms with Crippen molar-refractivity contribution in [2.45, 2.75) is 50.6 Å². The Morgan fingerprint density at radius 2 is 1.86 bits per heavy atom. The van der Waals surface area contributed by atoms with Crippen molar-refractivity contribution in [3.8, 4) is 0 Å². The van der Waals surface area contributed by atoms with E-state index in [1.165, 1.54) is 24.3 Å². The van der Waals surface area contributed by atoms with Gasteiger partial charge >= 0.3 is 0 Å². The van der Waals surface area contributed by atoms with Gasteiger partial charge in [0, 0.05) is 24.2 Å². The van der Waals surface area contributed by atoms with Crippen LogP contribution < -0.4 is 4.90 Å². The molecule has 1 aliphatic heterocycles. The summed E-state index contributed by atoms with van der Waals surface area (Å²) in [6.45, 7) is 2.53. The quantitative estimate of drug-likeness (QED) is 0.683. The summed E-state index contributed by atoms with van der Waals surface area (Å²) in [6.07, 6.45) is 2.60. The molecule has 1 heterocycles. The summed E-state index contributed by atoms with van der Waals surface area (Å²) in [5.74, 6) is -0.819. The molecule has 3 nitrogen and oxygen atoms in total. The lowest BCUT2D eigenvalue weighted by molar-refractivity contribution is -0.124. The number of carbonyl (C=O) groups excluding carboxylic acids is 2. The van der Waals surface area contributed by atoms with Crippen LogP contribution in [0.25, 0.3) is 0 Å². The van der Waals surface area contributed by atoms with Crippen molar-refractivity contribution >= 4 is 17.4 Å². The molecule has 0 bridgehead atoms. The third-order valence-electron chi connectivity index (χ3n) is 5.77.